The van der Waals surface area contributed by atoms with Crippen molar-refractivity contribution in [2.24, 2.45) is 0 Å². The second-order valence-electron chi connectivity index (χ2n) is 3.11. The maximum atomic E-state index is 3.27. The molecule has 2 heteroatoms. The molecule has 0 amide bonds. The highest BCUT2D eigenvalue weighted by molar-refractivity contribution is 4.55. The summed E-state index contributed by atoms with van der Waals surface area (Å²) in [5.41, 5.74) is 6.49. The summed E-state index contributed by atoms with van der Waals surface area (Å²) in [7, 11) is 0. The fraction of sp³-hybridized carbons (Fsp3) is 1.00. The Hall–Kier alpha value is -0.0800. The molecule has 2 N–H and O–H groups in total. The topological polar surface area (TPSA) is 24.1 Å². The molecule has 0 spiro atoms. The zero-order chi connectivity index (χ0) is 8.53. The highest BCUT2D eigenvalue weighted by atomic mass is 15.4. The Bertz CT molecular complexity index is 74.0. The summed E-state index contributed by atoms with van der Waals surface area (Å²) < 4.78 is 0. The fourth-order valence-corrected chi connectivity index (χ4v) is 1.02. The second-order valence-corrected chi connectivity index (χ2v) is 3.11. The first-order valence-corrected chi connectivity index (χ1v) is 4.79. The van der Waals surface area contributed by atoms with Gasteiger partial charge in [-0.1, -0.05) is 26.7 Å². The molecule has 0 aromatic carbocycles. The summed E-state index contributed by atoms with van der Waals surface area (Å²) in [5.74, 6) is 0. The van der Waals surface area contributed by atoms with E-state index in [4.69, 9.17) is 0 Å². The summed E-state index contributed by atoms with van der Waals surface area (Å²) in [4.78, 5) is 0. The van der Waals surface area contributed by atoms with Crippen LogP contribution < -0.4 is 10.9 Å². The number of rotatable bonds is 7. The molecule has 0 bridgehead atoms. The van der Waals surface area contributed by atoms with Crippen LogP contribution in [0.5, 0.6) is 0 Å². The van der Waals surface area contributed by atoms with Gasteiger partial charge in [-0.25, -0.2) is 0 Å². The maximum absolute atomic E-state index is 3.27. The molecule has 11 heavy (non-hydrogen) atoms. The van der Waals surface area contributed by atoms with Crippen LogP contribution in [0.2, 0.25) is 0 Å². The summed E-state index contributed by atoms with van der Waals surface area (Å²) in [6.45, 7) is 7.72. The van der Waals surface area contributed by atoms with Crippen molar-refractivity contribution >= 4 is 0 Å². The molecule has 0 radical (unpaired) electrons. The molecule has 0 aliphatic heterocycles. The van der Waals surface area contributed by atoms with Gasteiger partial charge in [-0.3, -0.25) is 10.9 Å². The Labute approximate surface area is 70.7 Å². The third-order valence-electron chi connectivity index (χ3n) is 1.73. The minimum atomic E-state index is 0.608. The van der Waals surface area contributed by atoms with Crippen LogP contribution in [-0.4, -0.2) is 12.6 Å². The summed E-state index contributed by atoms with van der Waals surface area (Å²) in [6.07, 6.45) is 5.02. The minimum absolute atomic E-state index is 0.608. The predicted octanol–water partition coefficient (Wildman–Crippen LogP) is 2.07. The molecule has 0 saturated heterocycles. The molecule has 0 aromatic heterocycles. The third-order valence-corrected chi connectivity index (χ3v) is 1.73. The summed E-state index contributed by atoms with van der Waals surface area (Å²) in [6, 6.07) is 0.608. The van der Waals surface area contributed by atoms with E-state index in [0.717, 1.165) is 6.54 Å². The SMILES string of the molecule is CCCCNN[C@H](C)CCC. The van der Waals surface area contributed by atoms with E-state index in [1.807, 2.05) is 0 Å². The lowest BCUT2D eigenvalue weighted by Gasteiger charge is -2.13. The van der Waals surface area contributed by atoms with Crippen molar-refractivity contribution in [1.29, 1.82) is 0 Å². The van der Waals surface area contributed by atoms with Crippen molar-refractivity contribution in [2.75, 3.05) is 6.54 Å². The van der Waals surface area contributed by atoms with Crippen molar-refractivity contribution < 1.29 is 0 Å². The molecule has 68 valence electrons. The Kier molecular flexibility index (Phi) is 7.96. The molecular weight excluding hydrogens is 136 g/mol. The van der Waals surface area contributed by atoms with E-state index in [1.165, 1.54) is 25.7 Å². The van der Waals surface area contributed by atoms with Gasteiger partial charge in [-0.2, -0.15) is 0 Å². The van der Waals surface area contributed by atoms with E-state index >= 15 is 0 Å². The van der Waals surface area contributed by atoms with E-state index in [2.05, 4.69) is 31.6 Å². The molecule has 2 nitrogen and oxygen atoms in total. The molecule has 0 saturated carbocycles. The van der Waals surface area contributed by atoms with Crippen molar-refractivity contribution in [3.05, 3.63) is 0 Å². The van der Waals surface area contributed by atoms with Gasteiger partial charge < -0.3 is 0 Å². The molecule has 0 aliphatic rings. The average Bonchev–Trinajstić information content (AvgIpc) is 1.99. The van der Waals surface area contributed by atoms with Crippen LogP contribution in [0.15, 0.2) is 0 Å². The van der Waals surface area contributed by atoms with Crippen LogP contribution in [0.3, 0.4) is 0 Å². The average molecular weight is 158 g/mol. The zero-order valence-corrected chi connectivity index (χ0v) is 8.11. The lowest BCUT2D eigenvalue weighted by Crippen LogP contribution is -2.39. The highest BCUT2D eigenvalue weighted by Crippen LogP contribution is 1.92. The first-order valence-electron chi connectivity index (χ1n) is 4.79. The lowest BCUT2D eigenvalue weighted by atomic mass is 10.2. The monoisotopic (exact) mass is 158 g/mol. The van der Waals surface area contributed by atoms with Gasteiger partial charge in [0.25, 0.3) is 0 Å². The Morgan fingerprint density at radius 2 is 1.91 bits per heavy atom. The van der Waals surface area contributed by atoms with Gasteiger partial charge in [-0.05, 0) is 19.8 Å². The lowest BCUT2D eigenvalue weighted by molar-refractivity contribution is 0.423. The van der Waals surface area contributed by atoms with Crippen LogP contribution in [-0.2, 0) is 0 Å². The van der Waals surface area contributed by atoms with Crippen LogP contribution in [0.25, 0.3) is 0 Å². The largest absolute Gasteiger partial charge is 0.258 e. The van der Waals surface area contributed by atoms with Gasteiger partial charge in [0.2, 0.25) is 0 Å². The Balaban J connectivity index is 2.97. The first kappa shape index (κ1) is 10.9. The third kappa shape index (κ3) is 7.82. The van der Waals surface area contributed by atoms with Crippen LogP contribution in [0, 0.1) is 0 Å². The summed E-state index contributed by atoms with van der Waals surface area (Å²) in [5, 5.41) is 0. The zero-order valence-electron chi connectivity index (χ0n) is 8.11. The minimum Gasteiger partial charge on any atom is -0.258 e. The van der Waals surface area contributed by atoms with Crippen LogP contribution in [0.1, 0.15) is 46.5 Å². The fourth-order valence-electron chi connectivity index (χ4n) is 1.02. The molecule has 0 aromatic rings. The van der Waals surface area contributed by atoms with Gasteiger partial charge in [0, 0.05) is 12.6 Å². The van der Waals surface area contributed by atoms with Crippen LogP contribution >= 0.6 is 0 Å². The molecule has 0 rings (SSSR count). The standard InChI is InChI=1S/C9H22N2/c1-4-6-8-10-11-9(3)7-5-2/h9-11H,4-8H2,1-3H3/t9-/m1/s1. The van der Waals surface area contributed by atoms with E-state index in [9.17, 15) is 0 Å². The molecule has 0 fully saturated rings. The highest BCUT2D eigenvalue weighted by Gasteiger charge is 1.96. The number of hydrazine groups is 1. The van der Waals surface area contributed by atoms with Crippen molar-refractivity contribution in [2.45, 2.75) is 52.5 Å². The number of hydrogen-bond donors (Lipinski definition) is 2. The number of unbranched alkanes of at least 4 members (excludes halogenated alkanes) is 1. The van der Waals surface area contributed by atoms with Gasteiger partial charge in [0.15, 0.2) is 0 Å². The summed E-state index contributed by atoms with van der Waals surface area (Å²) >= 11 is 0. The second kappa shape index (κ2) is 8.02. The normalized spacial score (nSPS) is 13.4. The molecule has 0 aliphatic carbocycles. The number of hydrogen-bond acceptors (Lipinski definition) is 2. The van der Waals surface area contributed by atoms with E-state index in [1.54, 1.807) is 0 Å². The molecule has 0 unspecified atom stereocenters. The van der Waals surface area contributed by atoms with Crippen molar-refractivity contribution in [1.82, 2.24) is 10.9 Å². The quantitative estimate of drug-likeness (QED) is 0.438. The number of nitrogens with one attached hydrogen (secondary N) is 2. The van der Waals surface area contributed by atoms with Gasteiger partial charge in [0.1, 0.15) is 0 Å². The van der Waals surface area contributed by atoms with E-state index in [0.29, 0.717) is 6.04 Å². The van der Waals surface area contributed by atoms with Gasteiger partial charge in [-0.15, -0.1) is 0 Å². The molecule has 0 heterocycles. The molecular formula is C9H22N2. The smallest absolute Gasteiger partial charge is 0.0184 e. The van der Waals surface area contributed by atoms with Crippen molar-refractivity contribution in [3.8, 4) is 0 Å². The van der Waals surface area contributed by atoms with E-state index < -0.39 is 0 Å². The first-order chi connectivity index (χ1) is 5.31. The molecule has 1 atom stereocenters. The van der Waals surface area contributed by atoms with Gasteiger partial charge in [0.05, 0.1) is 0 Å². The van der Waals surface area contributed by atoms with Crippen LogP contribution in [0.4, 0.5) is 0 Å². The van der Waals surface area contributed by atoms with E-state index in [-0.39, 0.29) is 0 Å². The Morgan fingerprint density at radius 1 is 1.18 bits per heavy atom. The predicted molar refractivity (Wildman–Crippen MR) is 50.4 cm³/mol. The van der Waals surface area contributed by atoms with Crippen molar-refractivity contribution in [3.63, 3.8) is 0 Å². The Morgan fingerprint density at radius 3 is 2.45 bits per heavy atom. The van der Waals surface area contributed by atoms with Gasteiger partial charge >= 0.3 is 0 Å². The maximum Gasteiger partial charge on any atom is 0.0184 e.